The van der Waals surface area contributed by atoms with Crippen LogP contribution in [0.2, 0.25) is 0 Å². The Hall–Kier alpha value is -1.55. The van der Waals surface area contributed by atoms with Gasteiger partial charge in [0.05, 0.1) is 12.1 Å². The van der Waals surface area contributed by atoms with E-state index in [0.717, 1.165) is 16.9 Å². The highest BCUT2D eigenvalue weighted by Gasteiger charge is 2.27. The zero-order valence-corrected chi connectivity index (χ0v) is 10.4. The number of hydrogen-bond acceptors (Lipinski definition) is 3. The summed E-state index contributed by atoms with van der Waals surface area (Å²) < 4.78 is 5.65. The van der Waals surface area contributed by atoms with Crippen LogP contribution >= 0.6 is 0 Å². The van der Waals surface area contributed by atoms with Crippen LogP contribution in [-0.4, -0.2) is 18.6 Å². The summed E-state index contributed by atoms with van der Waals surface area (Å²) in [6, 6.07) is 3.48. The zero-order chi connectivity index (χ0) is 12.6. The topological polar surface area (TPSA) is 64.3 Å². The fourth-order valence-electron chi connectivity index (χ4n) is 1.96. The molecule has 1 aromatic carbocycles. The predicted molar refractivity (Wildman–Crippen MR) is 65.9 cm³/mol. The molecule has 0 bridgehead atoms. The van der Waals surface area contributed by atoms with E-state index in [1.54, 1.807) is 6.92 Å². The minimum atomic E-state index is -0.495. The van der Waals surface area contributed by atoms with Crippen LogP contribution in [0.5, 0.6) is 5.75 Å². The zero-order valence-electron chi connectivity index (χ0n) is 10.4. The van der Waals surface area contributed by atoms with Crippen LogP contribution in [0.15, 0.2) is 12.1 Å². The third-order valence-corrected chi connectivity index (χ3v) is 3.21. The summed E-state index contributed by atoms with van der Waals surface area (Å²) in [6.45, 7) is 6.24. The van der Waals surface area contributed by atoms with Crippen molar-refractivity contribution in [3.63, 3.8) is 0 Å². The summed E-state index contributed by atoms with van der Waals surface area (Å²) in [7, 11) is 0. The van der Waals surface area contributed by atoms with Crippen LogP contribution in [-0.2, 0) is 4.79 Å². The second kappa shape index (κ2) is 4.37. The number of benzene rings is 1. The molecule has 1 aliphatic heterocycles. The Kier molecular flexibility index (Phi) is 3.07. The van der Waals surface area contributed by atoms with E-state index in [4.69, 9.17) is 10.5 Å². The van der Waals surface area contributed by atoms with Crippen molar-refractivity contribution in [2.24, 2.45) is 5.73 Å². The molecule has 0 radical (unpaired) electrons. The minimum Gasteiger partial charge on any atom is -0.490 e. The van der Waals surface area contributed by atoms with Crippen LogP contribution in [0.25, 0.3) is 0 Å². The summed E-state index contributed by atoms with van der Waals surface area (Å²) >= 11 is 0. The van der Waals surface area contributed by atoms with E-state index in [2.05, 4.69) is 5.32 Å². The van der Waals surface area contributed by atoms with Crippen LogP contribution in [0.4, 0.5) is 0 Å². The van der Waals surface area contributed by atoms with Crippen molar-refractivity contribution in [1.82, 2.24) is 5.32 Å². The lowest BCUT2D eigenvalue weighted by atomic mass is 10.0. The third-order valence-electron chi connectivity index (χ3n) is 3.21. The monoisotopic (exact) mass is 234 g/mol. The second-order valence-corrected chi connectivity index (χ2v) is 4.59. The van der Waals surface area contributed by atoms with Gasteiger partial charge in [0.1, 0.15) is 12.4 Å². The Morgan fingerprint density at radius 1 is 1.53 bits per heavy atom. The largest absolute Gasteiger partial charge is 0.490 e. The molecule has 1 aliphatic rings. The maximum Gasteiger partial charge on any atom is 0.237 e. The summed E-state index contributed by atoms with van der Waals surface area (Å²) in [5, 5.41) is 2.89. The molecule has 1 aromatic rings. The standard InChI is InChI=1S/C13H18N2O2/c1-7-4-5-10-11(15-13(16)9(3)14)6-17-12(10)8(7)2/h4-5,9,11H,6,14H2,1-3H3,(H,15,16). The van der Waals surface area contributed by atoms with Crippen LogP contribution in [0.1, 0.15) is 29.7 Å². The number of rotatable bonds is 2. The molecule has 0 aliphatic carbocycles. The molecule has 17 heavy (non-hydrogen) atoms. The first-order chi connectivity index (χ1) is 8.00. The van der Waals surface area contributed by atoms with Crippen molar-refractivity contribution in [3.05, 3.63) is 28.8 Å². The van der Waals surface area contributed by atoms with Gasteiger partial charge in [0.15, 0.2) is 0 Å². The van der Waals surface area contributed by atoms with E-state index in [0.29, 0.717) is 6.61 Å². The normalized spacial score (nSPS) is 19.4. The predicted octanol–water partition coefficient (Wildman–Crippen LogP) is 1.20. The van der Waals surface area contributed by atoms with Crippen molar-refractivity contribution in [1.29, 1.82) is 0 Å². The fourth-order valence-corrected chi connectivity index (χ4v) is 1.96. The van der Waals surface area contributed by atoms with Gasteiger partial charge < -0.3 is 15.8 Å². The first-order valence-corrected chi connectivity index (χ1v) is 5.79. The molecule has 1 heterocycles. The van der Waals surface area contributed by atoms with Crippen LogP contribution in [0, 0.1) is 13.8 Å². The third kappa shape index (κ3) is 2.13. The highest BCUT2D eigenvalue weighted by molar-refractivity contribution is 5.81. The fraction of sp³-hybridized carbons (Fsp3) is 0.462. The smallest absolute Gasteiger partial charge is 0.237 e. The Morgan fingerprint density at radius 2 is 2.24 bits per heavy atom. The lowest BCUT2D eigenvalue weighted by molar-refractivity contribution is -0.122. The number of fused-ring (bicyclic) bond motifs is 1. The van der Waals surface area contributed by atoms with Crippen molar-refractivity contribution in [3.8, 4) is 5.75 Å². The van der Waals surface area contributed by atoms with Gasteiger partial charge in [-0.1, -0.05) is 12.1 Å². The maximum atomic E-state index is 11.6. The molecule has 92 valence electrons. The molecule has 2 atom stereocenters. The minimum absolute atomic E-state index is 0.0807. The average molecular weight is 234 g/mol. The van der Waals surface area contributed by atoms with Gasteiger partial charge in [-0.3, -0.25) is 4.79 Å². The summed E-state index contributed by atoms with van der Waals surface area (Å²) in [6.07, 6.45) is 0. The van der Waals surface area contributed by atoms with Crippen molar-refractivity contribution < 1.29 is 9.53 Å². The van der Waals surface area contributed by atoms with Crippen molar-refractivity contribution in [2.45, 2.75) is 32.9 Å². The van der Waals surface area contributed by atoms with Crippen LogP contribution < -0.4 is 15.8 Å². The summed E-state index contributed by atoms with van der Waals surface area (Å²) in [5.41, 5.74) is 8.91. The first kappa shape index (κ1) is 11.9. The molecule has 2 unspecified atom stereocenters. The number of carbonyl (C=O) groups is 1. The summed E-state index contributed by atoms with van der Waals surface area (Å²) in [4.78, 5) is 11.6. The quantitative estimate of drug-likeness (QED) is 0.808. The molecule has 2 rings (SSSR count). The Balaban J connectivity index is 2.23. The number of nitrogens with one attached hydrogen (secondary N) is 1. The van der Waals surface area contributed by atoms with Crippen molar-refractivity contribution in [2.75, 3.05) is 6.61 Å². The number of nitrogens with two attached hydrogens (primary N) is 1. The van der Waals surface area contributed by atoms with E-state index >= 15 is 0 Å². The van der Waals surface area contributed by atoms with Gasteiger partial charge >= 0.3 is 0 Å². The molecule has 0 fully saturated rings. The lowest BCUT2D eigenvalue weighted by Crippen LogP contribution is -2.40. The van der Waals surface area contributed by atoms with Gasteiger partial charge in [0.25, 0.3) is 0 Å². The van der Waals surface area contributed by atoms with Gasteiger partial charge in [0, 0.05) is 5.56 Å². The molecule has 1 amide bonds. The Bertz CT molecular complexity index is 455. The van der Waals surface area contributed by atoms with E-state index in [-0.39, 0.29) is 11.9 Å². The van der Waals surface area contributed by atoms with E-state index in [9.17, 15) is 4.79 Å². The van der Waals surface area contributed by atoms with Crippen LogP contribution in [0.3, 0.4) is 0 Å². The van der Waals surface area contributed by atoms with Gasteiger partial charge in [-0.15, -0.1) is 0 Å². The van der Waals surface area contributed by atoms with E-state index < -0.39 is 6.04 Å². The van der Waals surface area contributed by atoms with Gasteiger partial charge in [0.2, 0.25) is 5.91 Å². The molecule has 0 saturated carbocycles. The van der Waals surface area contributed by atoms with E-state index in [1.807, 2.05) is 26.0 Å². The SMILES string of the molecule is Cc1ccc2c(c1C)OCC2NC(=O)C(C)N. The molecule has 3 N–H and O–H groups in total. The number of amides is 1. The number of ether oxygens (including phenoxy) is 1. The molecule has 0 saturated heterocycles. The lowest BCUT2D eigenvalue weighted by Gasteiger charge is -2.14. The van der Waals surface area contributed by atoms with Gasteiger partial charge in [-0.05, 0) is 31.9 Å². The molecular weight excluding hydrogens is 216 g/mol. The number of hydrogen-bond donors (Lipinski definition) is 2. The molecule has 4 nitrogen and oxygen atoms in total. The van der Waals surface area contributed by atoms with Gasteiger partial charge in [-0.2, -0.15) is 0 Å². The maximum absolute atomic E-state index is 11.6. The summed E-state index contributed by atoms with van der Waals surface area (Å²) in [5.74, 6) is 0.754. The number of carbonyl (C=O) groups excluding carboxylic acids is 1. The molecule has 0 spiro atoms. The number of aryl methyl sites for hydroxylation is 1. The molecule has 0 aromatic heterocycles. The highest BCUT2D eigenvalue weighted by atomic mass is 16.5. The Morgan fingerprint density at radius 3 is 2.88 bits per heavy atom. The second-order valence-electron chi connectivity index (χ2n) is 4.59. The van der Waals surface area contributed by atoms with Crippen molar-refractivity contribution >= 4 is 5.91 Å². The highest BCUT2D eigenvalue weighted by Crippen LogP contribution is 2.36. The molecule has 4 heteroatoms. The molecular formula is C13H18N2O2. The van der Waals surface area contributed by atoms with Gasteiger partial charge in [-0.25, -0.2) is 0 Å². The average Bonchev–Trinajstić information content (AvgIpc) is 2.67. The first-order valence-electron chi connectivity index (χ1n) is 5.79. The van der Waals surface area contributed by atoms with E-state index in [1.165, 1.54) is 5.56 Å². The Labute approximate surface area is 101 Å².